The van der Waals surface area contributed by atoms with Crippen molar-refractivity contribution in [2.24, 2.45) is 4.99 Å². The van der Waals surface area contributed by atoms with Crippen molar-refractivity contribution in [3.63, 3.8) is 0 Å². The summed E-state index contributed by atoms with van der Waals surface area (Å²) in [7, 11) is 0. The number of nitrogens with one attached hydrogen (secondary N) is 2. The first-order chi connectivity index (χ1) is 13.2. The van der Waals surface area contributed by atoms with E-state index in [1.165, 1.54) is 51.6 Å². The normalized spacial score (nSPS) is 26.7. The lowest BCUT2D eigenvalue weighted by Crippen LogP contribution is -2.50. The molecule has 2 N–H and O–H groups in total. The van der Waals surface area contributed by atoms with Crippen LogP contribution in [0.1, 0.15) is 63.4 Å². The average Bonchev–Trinajstić information content (AvgIpc) is 3.21. The van der Waals surface area contributed by atoms with Crippen LogP contribution in [0, 0.1) is 5.82 Å². The van der Waals surface area contributed by atoms with Crippen molar-refractivity contribution in [3.05, 3.63) is 35.6 Å². The summed E-state index contributed by atoms with van der Waals surface area (Å²) in [5, 5.41) is 7.18. The molecule has 0 amide bonds. The molecule has 0 spiro atoms. The first-order valence-corrected chi connectivity index (χ1v) is 10.8. The lowest BCUT2D eigenvalue weighted by atomic mass is 10.0. The third-order valence-electron chi connectivity index (χ3n) is 6.44. The number of guanidine groups is 1. The molecule has 6 heteroatoms. The molecule has 3 fully saturated rings. The molecule has 2 atom stereocenters. The predicted molar refractivity (Wildman–Crippen MR) is 124 cm³/mol. The minimum Gasteiger partial charge on any atom is -0.354 e. The van der Waals surface area contributed by atoms with Crippen LogP contribution < -0.4 is 10.6 Å². The Bertz CT molecular complexity index is 654. The maximum absolute atomic E-state index is 14.0. The number of likely N-dealkylation sites (tertiary alicyclic amines) is 1. The highest BCUT2D eigenvalue weighted by atomic mass is 127. The van der Waals surface area contributed by atoms with E-state index in [0.717, 1.165) is 30.5 Å². The topological polar surface area (TPSA) is 39.7 Å². The second-order valence-corrected chi connectivity index (χ2v) is 8.33. The summed E-state index contributed by atoms with van der Waals surface area (Å²) >= 11 is 0. The fourth-order valence-corrected chi connectivity index (χ4v) is 4.81. The minimum atomic E-state index is -0.0898. The Morgan fingerprint density at radius 1 is 1.11 bits per heavy atom. The van der Waals surface area contributed by atoms with Crippen molar-refractivity contribution in [2.45, 2.75) is 75.9 Å². The van der Waals surface area contributed by atoms with Crippen molar-refractivity contribution in [3.8, 4) is 0 Å². The van der Waals surface area contributed by atoms with E-state index in [2.05, 4.69) is 27.4 Å². The van der Waals surface area contributed by atoms with E-state index in [1.807, 2.05) is 12.1 Å². The van der Waals surface area contributed by atoms with Crippen molar-refractivity contribution in [1.82, 2.24) is 15.5 Å². The van der Waals surface area contributed by atoms with E-state index < -0.39 is 0 Å². The van der Waals surface area contributed by atoms with Gasteiger partial charge >= 0.3 is 0 Å². The van der Waals surface area contributed by atoms with Gasteiger partial charge in [-0.3, -0.25) is 4.99 Å². The molecule has 1 heterocycles. The molecule has 156 valence electrons. The van der Waals surface area contributed by atoms with Gasteiger partial charge in [-0.2, -0.15) is 0 Å². The lowest BCUT2D eigenvalue weighted by molar-refractivity contribution is 0.150. The number of piperidine rings is 1. The second-order valence-electron chi connectivity index (χ2n) is 8.33. The van der Waals surface area contributed by atoms with Crippen LogP contribution in [0.4, 0.5) is 4.39 Å². The van der Waals surface area contributed by atoms with E-state index in [9.17, 15) is 4.39 Å². The molecule has 1 aromatic rings. The van der Waals surface area contributed by atoms with E-state index in [1.54, 1.807) is 12.1 Å². The highest BCUT2D eigenvalue weighted by Crippen LogP contribution is 2.41. The van der Waals surface area contributed by atoms with Gasteiger partial charge in [0.1, 0.15) is 5.82 Å². The van der Waals surface area contributed by atoms with Crippen LogP contribution in [-0.2, 0) is 0 Å². The Morgan fingerprint density at radius 2 is 1.82 bits per heavy atom. The van der Waals surface area contributed by atoms with Crippen molar-refractivity contribution in [2.75, 3.05) is 19.6 Å². The number of aliphatic imine (C=N–C) groups is 1. The highest BCUT2D eigenvalue weighted by Gasteiger charge is 2.40. The molecule has 4 rings (SSSR count). The molecular formula is C22H34FIN4. The van der Waals surface area contributed by atoms with Crippen molar-refractivity contribution in [1.29, 1.82) is 0 Å². The first kappa shape index (κ1) is 21.8. The van der Waals surface area contributed by atoms with Gasteiger partial charge in [0, 0.05) is 43.7 Å². The Labute approximate surface area is 185 Å². The molecule has 4 nitrogen and oxygen atoms in total. The highest BCUT2D eigenvalue weighted by molar-refractivity contribution is 14.0. The number of rotatable bonds is 5. The summed E-state index contributed by atoms with van der Waals surface area (Å²) in [5.41, 5.74) is 0.829. The van der Waals surface area contributed by atoms with Crippen LogP contribution in [0.2, 0.25) is 0 Å². The number of nitrogens with zero attached hydrogens (tertiary/aromatic N) is 2. The predicted octanol–water partition coefficient (Wildman–Crippen LogP) is 4.26. The zero-order valence-electron chi connectivity index (χ0n) is 16.9. The van der Waals surface area contributed by atoms with Gasteiger partial charge in [0.25, 0.3) is 0 Å². The smallest absolute Gasteiger partial charge is 0.191 e. The number of benzene rings is 1. The van der Waals surface area contributed by atoms with Gasteiger partial charge in [-0.1, -0.05) is 31.0 Å². The standard InChI is InChI=1S/C22H33FN4.HI/c1-2-24-22(26-21-15-19(21)18-9-5-6-10-20(18)23)25-16-11-13-27(14-12-16)17-7-3-4-8-17;/h5-6,9-10,16-17,19,21H,2-4,7-8,11-15H2,1H3,(H2,24,25,26);1H. The minimum absolute atomic E-state index is 0. The number of halogens is 2. The molecule has 3 aliphatic rings. The summed E-state index contributed by atoms with van der Waals surface area (Å²) < 4.78 is 14.0. The van der Waals surface area contributed by atoms with Crippen LogP contribution in [-0.4, -0.2) is 48.6 Å². The summed E-state index contributed by atoms with van der Waals surface area (Å²) in [5.74, 6) is 1.08. The number of hydrogen-bond acceptors (Lipinski definition) is 2. The molecule has 2 unspecified atom stereocenters. The fourth-order valence-electron chi connectivity index (χ4n) is 4.81. The second kappa shape index (κ2) is 10.2. The summed E-state index contributed by atoms with van der Waals surface area (Å²) in [6, 6.07) is 8.76. The van der Waals surface area contributed by atoms with Crippen molar-refractivity contribution < 1.29 is 4.39 Å². The van der Waals surface area contributed by atoms with E-state index >= 15 is 0 Å². The van der Waals surface area contributed by atoms with Gasteiger partial charge < -0.3 is 15.5 Å². The van der Waals surface area contributed by atoms with Gasteiger partial charge in [0.15, 0.2) is 5.96 Å². The average molecular weight is 500 g/mol. The lowest BCUT2D eigenvalue weighted by Gasteiger charge is -2.36. The molecule has 28 heavy (non-hydrogen) atoms. The van der Waals surface area contributed by atoms with E-state index in [0.29, 0.717) is 12.1 Å². The Morgan fingerprint density at radius 3 is 2.50 bits per heavy atom. The molecule has 2 saturated carbocycles. The van der Waals surface area contributed by atoms with Gasteiger partial charge in [0.2, 0.25) is 0 Å². The van der Waals surface area contributed by atoms with Crippen LogP contribution in [0.25, 0.3) is 0 Å². The zero-order valence-corrected chi connectivity index (χ0v) is 19.2. The largest absolute Gasteiger partial charge is 0.354 e. The first-order valence-electron chi connectivity index (χ1n) is 10.8. The SMILES string of the molecule is CCN=C(NC1CCN(C2CCCC2)CC1)NC1CC1c1ccccc1F.I. The third kappa shape index (κ3) is 5.38. The number of hydrogen-bond donors (Lipinski definition) is 2. The molecular weight excluding hydrogens is 466 g/mol. The summed E-state index contributed by atoms with van der Waals surface area (Å²) in [6.45, 7) is 5.21. The molecule has 0 radical (unpaired) electrons. The summed E-state index contributed by atoms with van der Waals surface area (Å²) in [6.07, 6.45) is 8.94. The van der Waals surface area contributed by atoms with Crippen LogP contribution in [0.15, 0.2) is 29.3 Å². The Balaban J connectivity index is 0.00000225. The van der Waals surface area contributed by atoms with Crippen LogP contribution in [0.5, 0.6) is 0 Å². The maximum atomic E-state index is 14.0. The monoisotopic (exact) mass is 500 g/mol. The van der Waals surface area contributed by atoms with Gasteiger partial charge in [-0.25, -0.2) is 4.39 Å². The Kier molecular flexibility index (Phi) is 7.97. The van der Waals surface area contributed by atoms with E-state index in [-0.39, 0.29) is 35.7 Å². The molecule has 0 bridgehead atoms. The molecule has 1 aromatic carbocycles. The van der Waals surface area contributed by atoms with Gasteiger partial charge in [-0.15, -0.1) is 24.0 Å². The zero-order chi connectivity index (χ0) is 18.6. The quantitative estimate of drug-likeness (QED) is 0.361. The summed E-state index contributed by atoms with van der Waals surface area (Å²) in [4.78, 5) is 7.33. The third-order valence-corrected chi connectivity index (χ3v) is 6.44. The van der Waals surface area contributed by atoms with Crippen LogP contribution >= 0.6 is 24.0 Å². The van der Waals surface area contributed by atoms with E-state index in [4.69, 9.17) is 0 Å². The van der Waals surface area contributed by atoms with Gasteiger partial charge in [-0.05, 0) is 50.7 Å². The van der Waals surface area contributed by atoms with Crippen LogP contribution in [0.3, 0.4) is 0 Å². The molecule has 1 aliphatic heterocycles. The fraction of sp³-hybridized carbons (Fsp3) is 0.682. The maximum Gasteiger partial charge on any atom is 0.191 e. The molecule has 1 saturated heterocycles. The Hall–Kier alpha value is -0.890. The van der Waals surface area contributed by atoms with Crippen molar-refractivity contribution >= 4 is 29.9 Å². The van der Waals surface area contributed by atoms with Gasteiger partial charge in [0.05, 0.1) is 0 Å². The molecule has 2 aliphatic carbocycles. The molecule has 0 aromatic heterocycles.